The van der Waals surface area contributed by atoms with E-state index in [0.29, 0.717) is 37.2 Å². The van der Waals surface area contributed by atoms with Crippen LogP contribution < -0.4 is 14.2 Å². The van der Waals surface area contributed by atoms with E-state index in [1.807, 2.05) is 0 Å². The maximum atomic E-state index is 11.8. The van der Waals surface area contributed by atoms with Crippen LogP contribution in [0, 0.1) is 0 Å². The van der Waals surface area contributed by atoms with Gasteiger partial charge in [-0.1, -0.05) is 0 Å². The average Bonchev–Trinajstić information content (AvgIpc) is 2.64. The average molecular weight is 360 g/mol. The van der Waals surface area contributed by atoms with E-state index in [1.165, 1.54) is 31.4 Å². The second kappa shape index (κ2) is 9.31. The van der Waals surface area contributed by atoms with E-state index in [9.17, 15) is 19.8 Å². The van der Waals surface area contributed by atoms with Gasteiger partial charge >= 0.3 is 5.97 Å². The van der Waals surface area contributed by atoms with Crippen molar-refractivity contribution in [1.29, 1.82) is 0 Å². The van der Waals surface area contributed by atoms with E-state index in [0.717, 1.165) is 0 Å². The molecule has 2 N–H and O–H groups in total. The molecule has 26 heavy (non-hydrogen) atoms. The molecule has 2 rings (SSSR count). The summed E-state index contributed by atoms with van der Waals surface area (Å²) in [5, 5.41) is 18.9. The smallest absolute Gasteiger partial charge is 0.311 e. The van der Waals surface area contributed by atoms with E-state index in [1.54, 1.807) is 12.1 Å². The van der Waals surface area contributed by atoms with Crippen LogP contribution in [0.15, 0.2) is 36.4 Å². The predicted molar refractivity (Wildman–Crippen MR) is 93.1 cm³/mol. The first-order valence-corrected chi connectivity index (χ1v) is 8.02. The second-order valence-electron chi connectivity index (χ2n) is 5.45. The fraction of sp³-hybridized carbons (Fsp3) is 0.263. The minimum absolute atomic E-state index is 0.0366. The number of carbonyl (C=O) groups is 2. The molecule has 0 aliphatic carbocycles. The van der Waals surface area contributed by atoms with Gasteiger partial charge in [-0.05, 0) is 43.2 Å². The molecule has 7 nitrogen and oxygen atoms in total. The number of esters is 1. The lowest BCUT2D eigenvalue weighted by Gasteiger charge is -2.09. The van der Waals surface area contributed by atoms with Gasteiger partial charge in [0.15, 0.2) is 17.8 Å². The fourth-order valence-electron chi connectivity index (χ4n) is 2.18. The van der Waals surface area contributed by atoms with Gasteiger partial charge in [0.05, 0.1) is 19.3 Å². The molecule has 0 aliphatic rings. The molecular formula is C19H20O7. The topological polar surface area (TPSA) is 102 Å². The van der Waals surface area contributed by atoms with Crippen molar-refractivity contribution in [3.8, 4) is 28.7 Å². The first-order chi connectivity index (χ1) is 12.5. The van der Waals surface area contributed by atoms with Gasteiger partial charge in [0.2, 0.25) is 0 Å². The summed E-state index contributed by atoms with van der Waals surface area (Å²) in [6.07, 6.45) is 1.88. The molecule has 0 heterocycles. The number of methoxy groups -OCH3 is 1. The van der Waals surface area contributed by atoms with Gasteiger partial charge in [-0.15, -0.1) is 0 Å². The number of phenolic OH excluding ortho intramolecular Hbond substituents is 2. The van der Waals surface area contributed by atoms with E-state index in [4.69, 9.17) is 14.2 Å². The molecule has 2 aromatic rings. The van der Waals surface area contributed by atoms with Gasteiger partial charge in [-0.25, -0.2) is 0 Å². The van der Waals surface area contributed by atoms with Crippen LogP contribution in [0.1, 0.15) is 29.6 Å². The number of benzene rings is 2. The molecule has 0 amide bonds. The minimum atomic E-state index is -0.432. The first kappa shape index (κ1) is 19.1. The molecule has 0 spiro atoms. The van der Waals surface area contributed by atoms with Crippen LogP contribution in [0.5, 0.6) is 28.7 Å². The highest BCUT2D eigenvalue weighted by Crippen LogP contribution is 2.29. The number of phenols is 2. The van der Waals surface area contributed by atoms with Crippen molar-refractivity contribution < 1.29 is 34.0 Å². The summed E-state index contributed by atoms with van der Waals surface area (Å²) in [6, 6.07) is 8.71. The Morgan fingerprint density at radius 3 is 2.50 bits per heavy atom. The number of hydrogen-bond acceptors (Lipinski definition) is 7. The predicted octanol–water partition coefficient (Wildman–Crippen LogP) is 3.07. The Hall–Kier alpha value is -3.22. The van der Waals surface area contributed by atoms with Crippen LogP contribution in [0.4, 0.5) is 0 Å². The van der Waals surface area contributed by atoms with Gasteiger partial charge < -0.3 is 24.4 Å². The van der Waals surface area contributed by atoms with Crippen molar-refractivity contribution in [3.05, 3.63) is 42.0 Å². The molecule has 0 saturated carbocycles. The van der Waals surface area contributed by atoms with Crippen molar-refractivity contribution in [2.75, 3.05) is 13.7 Å². The molecule has 0 bridgehead atoms. The van der Waals surface area contributed by atoms with Crippen LogP contribution >= 0.6 is 0 Å². The van der Waals surface area contributed by atoms with Gasteiger partial charge in [-0.2, -0.15) is 0 Å². The number of unbranched alkanes of at least 4 members (excludes halogenated alkanes) is 1. The number of aldehydes is 1. The normalized spacial score (nSPS) is 10.2. The van der Waals surface area contributed by atoms with Gasteiger partial charge in [-0.3, -0.25) is 9.59 Å². The standard InChI is InChI=1S/C19H20O7/c1-24-18-11-14(5-8-17(18)22)25-9-3-2-4-19(23)26-15-6-7-16(21)13(10-15)12-20/h5-8,10-12,21-22H,2-4,9H2,1H3. The zero-order valence-electron chi connectivity index (χ0n) is 14.3. The summed E-state index contributed by atoms with van der Waals surface area (Å²) in [4.78, 5) is 22.5. The Kier molecular flexibility index (Phi) is 6.84. The molecule has 0 atom stereocenters. The number of carbonyl (C=O) groups excluding carboxylic acids is 2. The minimum Gasteiger partial charge on any atom is -0.507 e. The van der Waals surface area contributed by atoms with Crippen molar-refractivity contribution in [2.24, 2.45) is 0 Å². The highest BCUT2D eigenvalue weighted by Gasteiger charge is 2.08. The molecule has 0 fully saturated rings. The monoisotopic (exact) mass is 360 g/mol. The Labute approximate surface area is 150 Å². The lowest BCUT2D eigenvalue weighted by Crippen LogP contribution is -2.08. The summed E-state index contributed by atoms with van der Waals surface area (Å²) in [5.41, 5.74) is 0.0630. The first-order valence-electron chi connectivity index (χ1n) is 8.02. The fourth-order valence-corrected chi connectivity index (χ4v) is 2.18. The molecule has 2 aromatic carbocycles. The third-order valence-corrected chi connectivity index (χ3v) is 3.55. The number of hydrogen-bond donors (Lipinski definition) is 2. The van der Waals surface area contributed by atoms with Crippen molar-refractivity contribution in [2.45, 2.75) is 19.3 Å². The molecular weight excluding hydrogens is 340 g/mol. The van der Waals surface area contributed by atoms with E-state index in [2.05, 4.69) is 0 Å². The highest BCUT2D eigenvalue weighted by atomic mass is 16.5. The number of ether oxygens (including phenoxy) is 3. The summed E-state index contributed by atoms with van der Waals surface area (Å²) in [5.74, 6) is 0.543. The summed E-state index contributed by atoms with van der Waals surface area (Å²) in [6.45, 7) is 0.399. The number of aromatic hydroxyl groups is 2. The third kappa shape index (κ3) is 5.41. The molecule has 0 aromatic heterocycles. The highest BCUT2D eigenvalue weighted by molar-refractivity contribution is 5.80. The van der Waals surface area contributed by atoms with E-state index >= 15 is 0 Å². The second-order valence-corrected chi connectivity index (χ2v) is 5.45. The van der Waals surface area contributed by atoms with Crippen LogP contribution in [0.2, 0.25) is 0 Å². The zero-order valence-corrected chi connectivity index (χ0v) is 14.3. The molecule has 0 saturated heterocycles. The van der Waals surface area contributed by atoms with Crippen molar-refractivity contribution >= 4 is 12.3 Å². The molecule has 0 aliphatic heterocycles. The Morgan fingerprint density at radius 2 is 1.77 bits per heavy atom. The molecule has 138 valence electrons. The van der Waals surface area contributed by atoms with Crippen LogP contribution in [-0.4, -0.2) is 36.2 Å². The van der Waals surface area contributed by atoms with Crippen molar-refractivity contribution in [1.82, 2.24) is 0 Å². The van der Waals surface area contributed by atoms with Crippen molar-refractivity contribution in [3.63, 3.8) is 0 Å². The third-order valence-electron chi connectivity index (χ3n) is 3.55. The summed E-state index contributed by atoms with van der Waals surface area (Å²) >= 11 is 0. The maximum Gasteiger partial charge on any atom is 0.311 e. The largest absolute Gasteiger partial charge is 0.507 e. The quantitative estimate of drug-likeness (QED) is 0.307. The van der Waals surface area contributed by atoms with Gasteiger partial charge in [0.1, 0.15) is 17.2 Å². The summed E-state index contributed by atoms with van der Waals surface area (Å²) < 4.78 is 15.7. The van der Waals surface area contributed by atoms with Gasteiger partial charge in [0, 0.05) is 12.5 Å². The Bertz CT molecular complexity index is 770. The molecule has 0 unspecified atom stereocenters. The lowest BCUT2D eigenvalue weighted by atomic mass is 10.2. The SMILES string of the molecule is COc1cc(OCCCCC(=O)Oc2ccc(O)c(C=O)c2)ccc1O. The zero-order chi connectivity index (χ0) is 18.9. The van der Waals surface area contributed by atoms with Crippen LogP contribution in [-0.2, 0) is 4.79 Å². The Balaban J connectivity index is 1.71. The van der Waals surface area contributed by atoms with E-state index in [-0.39, 0.29) is 29.2 Å². The molecule has 7 heteroatoms. The molecule has 0 radical (unpaired) electrons. The van der Waals surface area contributed by atoms with E-state index < -0.39 is 5.97 Å². The summed E-state index contributed by atoms with van der Waals surface area (Å²) in [7, 11) is 1.45. The van der Waals surface area contributed by atoms with Gasteiger partial charge in [0.25, 0.3) is 0 Å². The van der Waals surface area contributed by atoms with Crippen LogP contribution in [0.3, 0.4) is 0 Å². The maximum absolute atomic E-state index is 11.8. The van der Waals surface area contributed by atoms with Crippen LogP contribution in [0.25, 0.3) is 0 Å². The number of rotatable bonds is 9. The Morgan fingerprint density at radius 1 is 1.04 bits per heavy atom. The lowest BCUT2D eigenvalue weighted by molar-refractivity contribution is -0.134.